The fraction of sp³-hybridized carbons (Fsp3) is 0.267. The maximum atomic E-state index is 14.3. The number of nitrogens with zero attached hydrogens (tertiary/aromatic N) is 5. The summed E-state index contributed by atoms with van der Waals surface area (Å²) in [5.41, 5.74) is 6.14. The number of hydrogen-bond acceptors (Lipinski definition) is 8. The summed E-state index contributed by atoms with van der Waals surface area (Å²) in [4.78, 5) is 10.1. The molecule has 2 N–H and O–H groups in total. The zero-order chi connectivity index (χ0) is 27.2. The number of ether oxygens (including phenoxy) is 1. The Labute approximate surface area is 227 Å². The van der Waals surface area contributed by atoms with Crippen molar-refractivity contribution in [3.8, 4) is 16.9 Å². The molecule has 0 aliphatic carbocycles. The van der Waals surface area contributed by atoms with Gasteiger partial charge < -0.3 is 20.1 Å². The highest BCUT2D eigenvalue weighted by molar-refractivity contribution is 5.69. The number of halogens is 1. The Morgan fingerprint density at radius 3 is 2.51 bits per heavy atom. The molecule has 0 unspecified atom stereocenters. The molecule has 0 spiro atoms. The predicted octanol–water partition coefficient (Wildman–Crippen LogP) is 6.98. The van der Waals surface area contributed by atoms with Gasteiger partial charge in [0.1, 0.15) is 5.75 Å². The van der Waals surface area contributed by atoms with E-state index in [9.17, 15) is 9.50 Å². The van der Waals surface area contributed by atoms with Gasteiger partial charge in [-0.25, -0.2) is 9.37 Å². The predicted molar refractivity (Wildman–Crippen MR) is 151 cm³/mol. The molecule has 9 heteroatoms. The molecule has 1 aliphatic heterocycles. The average Bonchev–Trinajstić information content (AvgIpc) is 2.95. The second-order valence-electron chi connectivity index (χ2n) is 9.66. The number of nitrogens with one attached hydrogen (secondary N) is 1. The second kappa shape index (κ2) is 12.0. The molecule has 39 heavy (non-hydrogen) atoms. The van der Waals surface area contributed by atoms with Gasteiger partial charge in [0, 0.05) is 24.5 Å². The quantitative estimate of drug-likeness (QED) is 0.241. The minimum atomic E-state index is -0.477. The van der Waals surface area contributed by atoms with Crippen LogP contribution in [0.4, 0.5) is 27.5 Å². The number of aromatic hydroxyl groups is 1. The second-order valence-corrected chi connectivity index (χ2v) is 9.66. The lowest BCUT2D eigenvalue weighted by Crippen LogP contribution is -2.37. The number of benzene rings is 3. The van der Waals surface area contributed by atoms with Gasteiger partial charge in [-0.1, -0.05) is 44.2 Å². The molecule has 1 aliphatic rings. The van der Waals surface area contributed by atoms with Gasteiger partial charge in [-0.2, -0.15) is 10.1 Å². The smallest absolute Gasteiger partial charge is 0.270 e. The molecule has 2 heterocycles. The maximum Gasteiger partial charge on any atom is 0.270 e. The van der Waals surface area contributed by atoms with Crippen LogP contribution in [0.5, 0.6) is 5.75 Å². The molecule has 3 aromatic carbocycles. The van der Waals surface area contributed by atoms with Crippen molar-refractivity contribution in [3.05, 3.63) is 89.9 Å². The van der Waals surface area contributed by atoms with E-state index < -0.39 is 5.82 Å². The van der Waals surface area contributed by atoms with E-state index in [0.29, 0.717) is 32.8 Å². The third-order valence-electron chi connectivity index (χ3n) is 6.55. The molecule has 4 aromatic rings. The van der Waals surface area contributed by atoms with Crippen LogP contribution in [-0.2, 0) is 11.3 Å². The first-order valence-corrected chi connectivity index (χ1v) is 13.0. The SMILES string of the molecule is CC(C)c1cc(Nc2ccc(-c3cccc(O)c3)cc2)ccc1CN=Nc1ncc(F)c(N2CCOCC2)n1. The van der Waals surface area contributed by atoms with Gasteiger partial charge in [0.25, 0.3) is 5.95 Å². The van der Waals surface area contributed by atoms with Crippen molar-refractivity contribution in [1.29, 1.82) is 0 Å². The summed E-state index contributed by atoms with van der Waals surface area (Å²) < 4.78 is 19.6. The topological polar surface area (TPSA) is 95.2 Å². The summed E-state index contributed by atoms with van der Waals surface area (Å²) in [5, 5.41) is 21.7. The molecule has 0 atom stereocenters. The van der Waals surface area contributed by atoms with E-state index in [-0.39, 0.29) is 23.4 Å². The van der Waals surface area contributed by atoms with Gasteiger partial charge in [0.15, 0.2) is 11.6 Å². The van der Waals surface area contributed by atoms with Crippen LogP contribution in [0, 0.1) is 5.82 Å². The molecule has 200 valence electrons. The summed E-state index contributed by atoms with van der Waals surface area (Å²) in [6, 6.07) is 21.5. The maximum absolute atomic E-state index is 14.3. The minimum Gasteiger partial charge on any atom is -0.508 e. The van der Waals surface area contributed by atoms with Crippen LogP contribution in [0.2, 0.25) is 0 Å². The van der Waals surface area contributed by atoms with Crippen molar-refractivity contribution >= 4 is 23.1 Å². The number of rotatable bonds is 8. The fourth-order valence-corrected chi connectivity index (χ4v) is 4.52. The van der Waals surface area contributed by atoms with Crippen LogP contribution in [-0.4, -0.2) is 41.4 Å². The van der Waals surface area contributed by atoms with Crippen molar-refractivity contribution in [2.75, 3.05) is 36.5 Å². The first kappa shape index (κ1) is 26.2. The standard InChI is InChI=1S/C30H31FN6O2/c1-20(2)27-17-25(34-24-9-6-21(7-10-24)22-4-3-5-26(38)16-22)11-8-23(27)18-33-36-30-32-19-28(31)29(35-30)37-12-14-39-15-13-37/h3-11,16-17,19-20,34,38H,12-15,18H2,1-2H3. The third-order valence-corrected chi connectivity index (χ3v) is 6.55. The highest BCUT2D eigenvalue weighted by atomic mass is 19.1. The van der Waals surface area contributed by atoms with E-state index >= 15 is 0 Å². The van der Waals surface area contributed by atoms with Gasteiger partial charge in [0.2, 0.25) is 0 Å². The van der Waals surface area contributed by atoms with Gasteiger partial charge in [-0.15, -0.1) is 5.11 Å². The zero-order valence-electron chi connectivity index (χ0n) is 22.0. The molecule has 8 nitrogen and oxygen atoms in total. The average molecular weight is 527 g/mol. The number of phenolic OH excluding ortho intramolecular Hbond substituents is 1. The molecule has 1 aromatic heterocycles. The monoisotopic (exact) mass is 526 g/mol. The number of phenols is 1. The van der Waals surface area contributed by atoms with E-state index in [1.165, 1.54) is 0 Å². The molecule has 0 bridgehead atoms. The Balaban J connectivity index is 1.27. The summed E-state index contributed by atoms with van der Waals surface area (Å²) in [6.45, 7) is 6.86. The Kier molecular flexibility index (Phi) is 8.07. The van der Waals surface area contributed by atoms with Crippen LogP contribution >= 0.6 is 0 Å². The van der Waals surface area contributed by atoms with Crippen molar-refractivity contribution in [3.63, 3.8) is 0 Å². The largest absolute Gasteiger partial charge is 0.508 e. The molecule has 1 fully saturated rings. The lowest BCUT2D eigenvalue weighted by atomic mass is 9.96. The molecular formula is C30H31FN6O2. The number of hydrogen-bond donors (Lipinski definition) is 2. The summed E-state index contributed by atoms with van der Waals surface area (Å²) in [5.74, 6) is 0.417. The first-order chi connectivity index (χ1) is 19.0. The van der Waals surface area contributed by atoms with E-state index in [1.54, 1.807) is 12.1 Å². The third kappa shape index (κ3) is 6.56. The number of morpholine rings is 1. The minimum absolute atomic E-state index is 0.136. The Hall–Kier alpha value is -4.37. The van der Waals surface area contributed by atoms with E-state index in [1.807, 2.05) is 53.4 Å². The lowest BCUT2D eigenvalue weighted by molar-refractivity contribution is 0.122. The molecule has 1 saturated heterocycles. The van der Waals surface area contributed by atoms with Gasteiger partial charge in [0.05, 0.1) is 26.0 Å². The number of azo groups is 1. The molecule has 0 amide bonds. The summed E-state index contributed by atoms with van der Waals surface area (Å²) in [7, 11) is 0. The molecule has 0 saturated carbocycles. The van der Waals surface area contributed by atoms with E-state index in [2.05, 4.69) is 45.4 Å². The molecular weight excluding hydrogens is 495 g/mol. The zero-order valence-corrected chi connectivity index (χ0v) is 22.0. The van der Waals surface area contributed by atoms with E-state index in [4.69, 9.17) is 4.74 Å². The van der Waals surface area contributed by atoms with Gasteiger partial charge in [-0.05, 0) is 64.6 Å². The molecule has 5 rings (SSSR count). The van der Waals surface area contributed by atoms with Crippen molar-refractivity contribution in [2.45, 2.75) is 26.3 Å². The van der Waals surface area contributed by atoms with Crippen LogP contribution in [0.15, 0.2) is 83.2 Å². The van der Waals surface area contributed by atoms with Crippen molar-refractivity contribution < 1.29 is 14.2 Å². The highest BCUT2D eigenvalue weighted by Gasteiger charge is 2.18. The Bertz CT molecular complexity index is 1450. The van der Waals surface area contributed by atoms with Gasteiger partial charge in [-0.3, -0.25) is 0 Å². The fourth-order valence-electron chi connectivity index (χ4n) is 4.52. The van der Waals surface area contributed by atoms with Gasteiger partial charge >= 0.3 is 0 Å². The van der Waals surface area contributed by atoms with Crippen LogP contribution in [0.3, 0.4) is 0 Å². The van der Waals surface area contributed by atoms with Crippen LogP contribution in [0.1, 0.15) is 30.9 Å². The van der Waals surface area contributed by atoms with Crippen molar-refractivity contribution in [1.82, 2.24) is 9.97 Å². The summed E-state index contributed by atoms with van der Waals surface area (Å²) >= 11 is 0. The number of anilines is 3. The first-order valence-electron chi connectivity index (χ1n) is 13.0. The normalized spacial score (nSPS) is 13.8. The van der Waals surface area contributed by atoms with Crippen LogP contribution in [0.25, 0.3) is 11.1 Å². The Morgan fingerprint density at radius 1 is 1.00 bits per heavy atom. The van der Waals surface area contributed by atoms with E-state index in [0.717, 1.165) is 39.8 Å². The van der Waals surface area contributed by atoms with Crippen molar-refractivity contribution in [2.24, 2.45) is 10.2 Å². The van der Waals surface area contributed by atoms with Crippen LogP contribution < -0.4 is 10.2 Å². The molecule has 0 radical (unpaired) electrons. The lowest BCUT2D eigenvalue weighted by Gasteiger charge is -2.27. The summed E-state index contributed by atoms with van der Waals surface area (Å²) in [6.07, 6.45) is 1.14. The Morgan fingerprint density at radius 2 is 1.77 bits per heavy atom. The number of aromatic nitrogens is 2. The highest BCUT2D eigenvalue weighted by Crippen LogP contribution is 2.29.